The van der Waals surface area contributed by atoms with Crippen molar-refractivity contribution in [1.82, 2.24) is 4.90 Å². The van der Waals surface area contributed by atoms with Crippen LogP contribution in [0.4, 0.5) is 4.39 Å². The maximum atomic E-state index is 13.1. The van der Waals surface area contributed by atoms with E-state index in [2.05, 4.69) is 0 Å². The predicted octanol–water partition coefficient (Wildman–Crippen LogP) is 3.30. The van der Waals surface area contributed by atoms with Crippen LogP contribution in [-0.4, -0.2) is 27.6 Å². The second kappa shape index (κ2) is 6.42. The van der Waals surface area contributed by atoms with E-state index in [0.717, 1.165) is 11.1 Å². The number of carbonyl (C=O) groups is 2. The average Bonchev–Trinajstić information content (AvgIpc) is 2.89. The van der Waals surface area contributed by atoms with Crippen LogP contribution >= 0.6 is 11.8 Å². The van der Waals surface area contributed by atoms with E-state index in [-0.39, 0.29) is 22.7 Å². The molecule has 1 atom stereocenters. The average molecular weight is 331 g/mol. The molecule has 1 heterocycles. The molecule has 6 heteroatoms. The van der Waals surface area contributed by atoms with Crippen LogP contribution in [0.3, 0.4) is 0 Å². The molecule has 1 aliphatic rings. The lowest BCUT2D eigenvalue weighted by Crippen LogP contribution is -2.27. The SMILES string of the molecule is O=C(O)c1cccc(CN2C(=O)CSC2c2ccc(F)cc2)c1. The molecule has 0 aliphatic carbocycles. The highest BCUT2D eigenvalue weighted by atomic mass is 32.2. The highest BCUT2D eigenvalue weighted by Gasteiger charge is 2.32. The van der Waals surface area contributed by atoms with E-state index in [4.69, 9.17) is 5.11 Å². The summed E-state index contributed by atoms with van der Waals surface area (Å²) in [6.45, 7) is 0.328. The summed E-state index contributed by atoms with van der Waals surface area (Å²) in [7, 11) is 0. The zero-order chi connectivity index (χ0) is 16.4. The van der Waals surface area contributed by atoms with E-state index < -0.39 is 5.97 Å². The van der Waals surface area contributed by atoms with Crippen molar-refractivity contribution in [3.05, 3.63) is 71.0 Å². The number of carbonyl (C=O) groups excluding carboxylic acids is 1. The molecule has 23 heavy (non-hydrogen) atoms. The minimum atomic E-state index is -0.996. The fourth-order valence-corrected chi connectivity index (χ4v) is 3.72. The predicted molar refractivity (Wildman–Crippen MR) is 85.6 cm³/mol. The highest BCUT2D eigenvalue weighted by Crippen LogP contribution is 2.39. The Hall–Kier alpha value is -2.34. The Labute approximate surface area is 136 Å². The Morgan fingerprint density at radius 1 is 1.26 bits per heavy atom. The molecule has 0 spiro atoms. The maximum absolute atomic E-state index is 13.1. The van der Waals surface area contributed by atoms with Gasteiger partial charge in [0.05, 0.1) is 11.3 Å². The highest BCUT2D eigenvalue weighted by molar-refractivity contribution is 8.00. The zero-order valence-electron chi connectivity index (χ0n) is 12.1. The monoisotopic (exact) mass is 331 g/mol. The number of thioether (sulfide) groups is 1. The first-order valence-electron chi connectivity index (χ1n) is 7.03. The van der Waals surface area contributed by atoms with Gasteiger partial charge in [0.2, 0.25) is 5.91 Å². The number of amides is 1. The van der Waals surface area contributed by atoms with Gasteiger partial charge in [0, 0.05) is 6.54 Å². The Kier molecular flexibility index (Phi) is 4.34. The Bertz CT molecular complexity index is 748. The lowest BCUT2D eigenvalue weighted by molar-refractivity contribution is -0.128. The van der Waals surface area contributed by atoms with Crippen LogP contribution in [-0.2, 0) is 11.3 Å². The molecule has 3 rings (SSSR count). The largest absolute Gasteiger partial charge is 0.478 e. The summed E-state index contributed by atoms with van der Waals surface area (Å²) in [5, 5.41) is 8.87. The number of hydrogen-bond acceptors (Lipinski definition) is 3. The van der Waals surface area contributed by atoms with Crippen molar-refractivity contribution in [2.75, 3.05) is 5.75 Å². The fraction of sp³-hybridized carbons (Fsp3) is 0.176. The minimum absolute atomic E-state index is 0.00921. The Morgan fingerprint density at radius 2 is 2.00 bits per heavy atom. The second-order valence-electron chi connectivity index (χ2n) is 5.24. The van der Waals surface area contributed by atoms with Gasteiger partial charge in [-0.05, 0) is 35.4 Å². The number of halogens is 1. The van der Waals surface area contributed by atoms with E-state index in [1.807, 2.05) is 0 Å². The van der Waals surface area contributed by atoms with Crippen LogP contribution in [0.2, 0.25) is 0 Å². The van der Waals surface area contributed by atoms with Gasteiger partial charge in [-0.25, -0.2) is 9.18 Å². The van der Waals surface area contributed by atoms with E-state index in [1.54, 1.807) is 35.2 Å². The summed E-state index contributed by atoms with van der Waals surface area (Å²) in [5.74, 6) is -0.960. The molecule has 1 amide bonds. The van der Waals surface area contributed by atoms with Crippen molar-refractivity contribution in [2.45, 2.75) is 11.9 Å². The molecule has 1 saturated heterocycles. The standard InChI is InChI=1S/C17H14FNO3S/c18-14-6-4-12(5-7-14)16-19(15(20)10-23-16)9-11-2-1-3-13(8-11)17(21)22/h1-8,16H,9-10H2,(H,21,22). The first-order chi connectivity index (χ1) is 11.0. The van der Waals surface area contributed by atoms with Crippen molar-refractivity contribution in [2.24, 2.45) is 0 Å². The van der Waals surface area contributed by atoms with Crippen molar-refractivity contribution in [3.8, 4) is 0 Å². The number of nitrogens with zero attached hydrogens (tertiary/aromatic N) is 1. The van der Waals surface area contributed by atoms with Gasteiger partial charge in [0.1, 0.15) is 11.2 Å². The molecule has 1 aliphatic heterocycles. The molecule has 4 nitrogen and oxygen atoms in total. The Balaban J connectivity index is 1.84. The topological polar surface area (TPSA) is 57.6 Å². The smallest absolute Gasteiger partial charge is 0.335 e. The number of rotatable bonds is 4. The number of carboxylic acid groups (broad SMARTS) is 1. The lowest BCUT2D eigenvalue weighted by Gasteiger charge is -2.24. The molecule has 0 bridgehead atoms. The number of aromatic carboxylic acids is 1. The van der Waals surface area contributed by atoms with E-state index in [9.17, 15) is 14.0 Å². The minimum Gasteiger partial charge on any atom is -0.478 e. The molecular formula is C17H14FNO3S. The molecule has 2 aromatic rings. The lowest BCUT2D eigenvalue weighted by atomic mass is 10.1. The van der Waals surface area contributed by atoms with Crippen molar-refractivity contribution in [3.63, 3.8) is 0 Å². The van der Waals surface area contributed by atoms with E-state index in [1.165, 1.54) is 30.0 Å². The number of benzene rings is 2. The van der Waals surface area contributed by atoms with Gasteiger partial charge in [-0.15, -0.1) is 11.8 Å². The molecule has 2 aromatic carbocycles. The first-order valence-corrected chi connectivity index (χ1v) is 8.08. The van der Waals surface area contributed by atoms with Crippen LogP contribution in [0.5, 0.6) is 0 Å². The normalized spacial score (nSPS) is 17.5. The molecular weight excluding hydrogens is 317 g/mol. The molecule has 1 N–H and O–H groups in total. The van der Waals surface area contributed by atoms with Gasteiger partial charge in [-0.2, -0.15) is 0 Å². The van der Waals surface area contributed by atoms with Gasteiger partial charge < -0.3 is 10.0 Å². The van der Waals surface area contributed by atoms with Gasteiger partial charge in [-0.3, -0.25) is 4.79 Å². The van der Waals surface area contributed by atoms with Crippen LogP contribution in [0.25, 0.3) is 0 Å². The van der Waals surface area contributed by atoms with Crippen LogP contribution in [0.1, 0.15) is 26.9 Å². The first kappa shape index (κ1) is 15.6. The Morgan fingerprint density at radius 3 is 2.70 bits per heavy atom. The third-order valence-corrected chi connectivity index (χ3v) is 4.91. The van der Waals surface area contributed by atoms with Gasteiger partial charge >= 0.3 is 5.97 Å². The summed E-state index contributed by atoms with van der Waals surface area (Å²) < 4.78 is 13.1. The second-order valence-corrected chi connectivity index (χ2v) is 6.31. The summed E-state index contributed by atoms with van der Waals surface area (Å²) in [6.07, 6.45) is 0. The molecule has 118 valence electrons. The van der Waals surface area contributed by atoms with Crippen LogP contribution in [0, 0.1) is 5.82 Å². The van der Waals surface area contributed by atoms with Crippen LogP contribution < -0.4 is 0 Å². The molecule has 0 aromatic heterocycles. The molecule has 0 saturated carbocycles. The molecule has 1 unspecified atom stereocenters. The summed E-state index contributed by atoms with van der Waals surface area (Å²) in [5.41, 5.74) is 1.81. The quantitative estimate of drug-likeness (QED) is 0.934. The fourth-order valence-electron chi connectivity index (χ4n) is 2.53. The van der Waals surface area contributed by atoms with Crippen LogP contribution in [0.15, 0.2) is 48.5 Å². The van der Waals surface area contributed by atoms with Gasteiger partial charge in [-0.1, -0.05) is 24.3 Å². The molecule has 1 fully saturated rings. The van der Waals surface area contributed by atoms with Crippen molar-refractivity contribution >= 4 is 23.6 Å². The zero-order valence-corrected chi connectivity index (χ0v) is 12.9. The van der Waals surface area contributed by atoms with E-state index in [0.29, 0.717) is 12.3 Å². The van der Waals surface area contributed by atoms with Gasteiger partial charge in [0.25, 0.3) is 0 Å². The molecule has 0 radical (unpaired) electrons. The van der Waals surface area contributed by atoms with Gasteiger partial charge in [0.15, 0.2) is 0 Å². The third kappa shape index (κ3) is 3.37. The van der Waals surface area contributed by atoms with Crippen molar-refractivity contribution in [1.29, 1.82) is 0 Å². The summed E-state index contributed by atoms with van der Waals surface area (Å²) >= 11 is 1.48. The van der Waals surface area contributed by atoms with Crippen molar-refractivity contribution < 1.29 is 19.1 Å². The van der Waals surface area contributed by atoms with E-state index >= 15 is 0 Å². The maximum Gasteiger partial charge on any atom is 0.335 e. The summed E-state index contributed by atoms with van der Waals surface area (Å²) in [4.78, 5) is 24.9. The number of carboxylic acids is 1. The summed E-state index contributed by atoms with van der Waals surface area (Å²) in [6, 6.07) is 12.6. The number of hydrogen-bond donors (Lipinski definition) is 1. The third-order valence-electron chi connectivity index (χ3n) is 3.65.